The molecule has 16 heavy (non-hydrogen) atoms. The highest BCUT2D eigenvalue weighted by Crippen LogP contribution is 2.24. The van der Waals surface area contributed by atoms with Crippen molar-refractivity contribution in [3.63, 3.8) is 0 Å². The minimum atomic E-state index is 0.592. The van der Waals surface area contributed by atoms with Gasteiger partial charge < -0.3 is 10.2 Å². The monoisotopic (exact) mass is 219 g/mol. The van der Waals surface area contributed by atoms with Gasteiger partial charge in [0, 0.05) is 24.8 Å². The van der Waals surface area contributed by atoms with Gasteiger partial charge in [-0.2, -0.15) is 0 Å². The molecule has 88 valence electrons. The highest BCUT2D eigenvalue weighted by molar-refractivity contribution is 5.47. The molecular weight excluding hydrogens is 198 g/mol. The molecule has 3 nitrogen and oxygen atoms in total. The summed E-state index contributed by atoms with van der Waals surface area (Å²) < 4.78 is 0. The first-order valence-corrected chi connectivity index (χ1v) is 6.06. The number of aromatic nitrogens is 1. The normalized spacial score (nSPS) is 25.8. The molecule has 0 bridgehead atoms. The number of nitrogens with zero attached hydrogens (tertiary/aromatic N) is 2. The van der Waals surface area contributed by atoms with Crippen molar-refractivity contribution in [1.82, 2.24) is 10.3 Å². The Labute approximate surface area is 97.9 Å². The summed E-state index contributed by atoms with van der Waals surface area (Å²) in [6.07, 6.45) is 6.32. The van der Waals surface area contributed by atoms with E-state index in [-0.39, 0.29) is 0 Å². The molecule has 3 heteroatoms. The molecule has 1 fully saturated rings. The molecule has 0 saturated carbocycles. The van der Waals surface area contributed by atoms with Crippen LogP contribution in [0.1, 0.15) is 25.3 Å². The lowest BCUT2D eigenvalue weighted by molar-refractivity contribution is 0.387. The van der Waals surface area contributed by atoms with Crippen LogP contribution in [0.5, 0.6) is 0 Å². The first-order valence-electron chi connectivity index (χ1n) is 6.06. The highest BCUT2D eigenvalue weighted by Gasteiger charge is 2.24. The van der Waals surface area contributed by atoms with Crippen molar-refractivity contribution in [2.24, 2.45) is 0 Å². The molecule has 2 rings (SSSR count). The van der Waals surface area contributed by atoms with Gasteiger partial charge in [0.05, 0.1) is 11.9 Å². The van der Waals surface area contributed by atoms with Gasteiger partial charge in [-0.1, -0.05) is 0 Å². The summed E-state index contributed by atoms with van der Waals surface area (Å²) in [6, 6.07) is 3.49. The second kappa shape index (κ2) is 4.83. The van der Waals surface area contributed by atoms with Gasteiger partial charge in [0.1, 0.15) is 0 Å². The predicted octanol–water partition coefficient (Wildman–Crippen LogP) is 1.97. The van der Waals surface area contributed by atoms with Crippen LogP contribution in [0.15, 0.2) is 18.5 Å². The van der Waals surface area contributed by atoms with Crippen LogP contribution in [0, 0.1) is 6.92 Å². The quantitative estimate of drug-likeness (QED) is 0.824. The molecule has 2 heterocycles. The van der Waals surface area contributed by atoms with E-state index in [0.717, 1.165) is 6.54 Å². The van der Waals surface area contributed by atoms with Crippen LogP contribution >= 0.6 is 0 Å². The van der Waals surface area contributed by atoms with E-state index in [4.69, 9.17) is 0 Å². The molecule has 0 radical (unpaired) electrons. The molecule has 1 aromatic heterocycles. The summed E-state index contributed by atoms with van der Waals surface area (Å²) in [5.41, 5.74) is 2.50. The number of rotatable bonds is 2. The van der Waals surface area contributed by atoms with E-state index in [1.807, 2.05) is 12.4 Å². The van der Waals surface area contributed by atoms with Crippen LogP contribution in [-0.2, 0) is 0 Å². The third-order valence-corrected chi connectivity index (χ3v) is 3.48. The first kappa shape index (κ1) is 11.4. The molecule has 1 aliphatic heterocycles. The minimum absolute atomic E-state index is 0.592. The lowest BCUT2D eigenvalue weighted by Crippen LogP contribution is -2.46. The molecule has 0 aliphatic carbocycles. The Kier molecular flexibility index (Phi) is 3.44. The SMILES string of the molecule is CNC1CCN(c2cncc(C)c2)C(C)C1. The Morgan fingerprint density at radius 3 is 2.88 bits per heavy atom. The maximum Gasteiger partial charge on any atom is 0.0557 e. The molecule has 0 spiro atoms. The zero-order chi connectivity index (χ0) is 11.5. The summed E-state index contributed by atoms with van der Waals surface area (Å²) in [4.78, 5) is 6.74. The Morgan fingerprint density at radius 2 is 2.25 bits per heavy atom. The summed E-state index contributed by atoms with van der Waals surface area (Å²) >= 11 is 0. The lowest BCUT2D eigenvalue weighted by Gasteiger charge is -2.39. The lowest BCUT2D eigenvalue weighted by atomic mass is 9.98. The van der Waals surface area contributed by atoms with Crippen LogP contribution in [0.25, 0.3) is 0 Å². The van der Waals surface area contributed by atoms with Gasteiger partial charge in [-0.05, 0) is 45.4 Å². The van der Waals surface area contributed by atoms with Crippen molar-refractivity contribution in [2.45, 2.75) is 38.8 Å². The minimum Gasteiger partial charge on any atom is -0.367 e. The fraction of sp³-hybridized carbons (Fsp3) is 0.615. The fourth-order valence-electron chi connectivity index (χ4n) is 2.51. The Hall–Kier alpha value is -1.09. The van der Waals surface area contributed by atoms with Gasteiger partial charge in [0.2, 0.25) is 0 Å². The summed E-state index contributed by atoms with van der Waals surface area (Å²) in [6.45, 7) is 5.52. The molecule has 1 N–H and O–H groups in total. The topological polar surface area (TPSA) is 28.2 Å². The fourth-order valence-corrected chi connectivity index (χ4v) is 2.51. The molecule has 2 unspecified atom stereocenters. The van der Waals surface area contributed by atoms with Gasteiger partial charge in [0.15, 0.2) is 0 Å². The number of pyridine rings is 1. The van der Waals surface area contributed by atoms with Crippen molar-refractivity contribution < 1.29 is 0 Å². The van der Waals surface area contributed by atoms with Gasteiger partial charge >= 0.3 is 0 Å². The van der Waals surface area contributed by atoms with E-state index in [1.165, 1.54) is 24.1 Å². The van der Waals surface area contributed by atoms with Gasteiger partial charge in [-0.3, -0.25) is 4.98 Å². The maximum absolute atomic E-state index is 4.28. The second-order valence-electron chi connectivity index (χ2n) is 4.77. The zero-order valence-corrected chi connectivity index (χ0v) is 10.4. The first-order chi connectivity index (χ1) is 7.70. The van der Waals surface area contributed by atoms with E-state index >= 15 is 0 Å². The van der Waals surface area contributed by atoms with Crippen molar-refractivity contribution in [2.75, 3.05) is 18.5 Å². The van der Waals surface area contributed by atoms with E-state index in [9.17, 15) is 0 Å². The molecule has 1 aromatic rings. The number of anilines is 1. The Bertz CT molecular complexity index is 351. The third-order valence-electron chi connectivity index (χ3n) is 3.48. The van der Waals surface area contributed by atoms with Crippen LogP contribution < -0.4 is 10.2 Å². The average Bonchev–Trinajstić information content (AvgIpc) is 2.28. The van der Waals surface area contributed by atoms with Crippen molar-refractivity contribution in [3.8, 4) is 0 Å². The van der Waals surface area contributed by atoms with E-state index in [0.29, 0.717) is 12.1 Å². The predicted molar refractivity (Wildman–Crippen MR) is 67.9 cm³/mol. The van der Waals surface area contributed by atoms with E-state index in [2.05, 4.69) is 42.2 Å². The van der Waals surface area contributed by atoms with Crippen molar-refractivity contribution in [1.29, 1.82) is 0 Å². The summed E-state index contributed by atoms with van der Waals surface area (Å²) in [5, 5.41) is 3.38. The smallest absolute Gasteiger partial charge is 0.0557 e. The van der Waals surface area contributed by atoms with Gasteiger partial charge in [-0.25, -0.2) is 0 Å². The van der Waals surface area contributed by atoms with Gasteiger partial charge in [0.25, 0.3) is 0 Å². The number of aryl methyl sites for hydroxylation is 1. The van der Waals surface area contributed by atoms with Crippen molar-refractivity contribution in [3.05, 3.63) is 24.0 Å². The molecular formula is C13H21N3. The largest absolute Gasteiger partial charge is 0.367 e. The number of nitrogens with one attached hydrogen (secondary N) is 1. The molecule has 0 aromatic carbocycles. The van der Waals surface area contributed by atoms with Gasteiger partial charge in [-0.15, -0.1) is 0 Å². The second-order valence-corrected chi connectivity index (χ2v) is 4.77. The van der Waals surface area contributed by atoms with Crippen LogP contribution in [0.4, 0.5) is 5.69 Å². The van der Waals surface area contributed by atoms with Crippen LogP contribution in [0.2, 0.25) is 0 Å². The van der Waals surface area contributed by atoms with E-state index < -0.39 is 0 Å². The van der Waals surface area contributed by atoms with E-state index in [1.54, 1.807) is 0 Å². The molecule has 0 amide bonds. The third kappa shape index (κ3) is 2.35. The van der Waals surface area contributed by atoms with Crippen LogP contribution in [0.3, 0.4) is 0 Å². The molecule has 1 saturated heterocycles. The standard InChI is InChI=1S/C13H21N3/c1-10-6-13(9-15-8-10)16-5-4-12(14-3)7-11(16)2/h6,8-9,11-12,14H,4-5,7H2,1-3H3. The summed E-state index contributed by atoms with van der Waals surface area (Å²) in [7, 11) is 2.06. The van der Waals surface area contributed by atoms with Crippen molar-refractivity contribution >= 4 is 5.69 Å². The Balaban J connectivity index is 2.11. The zero-order valence-electron chi connectivity index (χ0n) is 10.4. The number of hydrogen-bond acceptors (Lipinski definition) is 3. The highest BCUT2D eigenvalue weighted by atomic mass is 15.2. The van der Waals surface area contributed by atoms with Crippen LogP contribution in [-0.4, -0.2) is 30.7 Å². The number of piperidine rings is 1. The number of hydrogen-bond donors (Lipinski definition) is 1. The molecule has 2 atom stereocenters. The summed E-state index contributed by atoms with van der Waals surface area (Å²) in [5.74, 6) is 0. The molecule has 1 aliphatic rings. The Morgan fingerprint density at radius 1 is 1.44 bits per heavy atom. The average molecular weight is 219 g/mol. The maximum atomic E-state index is 4.28.